The molecule has 1 aliphatic rings. The van der Waals surface area contributed by atoms with Gasteiger partial charge in [-0.15, -0.1) is 0 Å². The third kappa shape index (κ3) is 1.59. The zero-order valence-corrected chi connectivity index (χ0v) is 8.86. The van der Waals surface area contributed by atoms with Crippen LogP contribution in [-0.4, -0.2) is 47.4 Å². The molecule has 0 spiro atoms. The molecule has 0 aliphatic carbocycles. The number of nitrogens with zero attached hydrogens (tertiary/aromatic N) is 2. The summed E-state index contributed by atoms with van der Waals surface area (Å²) in [6, 6.07) is -0.547. The average molecular weight is 199 g/mol. The number of imide groups is 1. The number of hydrogen-bond donors (Lipinski definition) is 1. The van der Waals surface area contributed by atoms with Crippen molar-refractivity contribution in [2.24, 2.45) is 5.73 Å². The van der Waals surface area contributed by atoms with Gasteiger partial charge in [-0.05, 0) is 26.8 Å². The number of carbonyl (C=O) groups is 2. The largest absolute Gasteiger partial charge is 0.330 e. The second-order valence-corrected chi connectivity index (χ2v) is 3.77. The molecule has 80 valence electrons. The van der Waals surface area contributed by atoms with Crippen molar-refractivity contribution in [3.8, 4) is 0 Å². The average Bonchev–Trinajstić information content (AvgIpc) is 2.32. The second kappa shape index (κ2) is 3.96. The van der Waals surface area contributed by atoms with Gasteiger partial charge in [-0.3, -0.25) is 9.69 Å². The van der Waals surface area contributed by atoms with Crippen LogP contribution in [0.5, 0.6) is 0 Å². The SMILES string of the molecule is CC(C)N1C(=O)N(C)C(=O)C1CCN. The van der Waals surface area contributed by atoms with E-state index in [2.05, 4.69) is 0 Å². The zero-order valence-electron chi connectivity index (χ0n) is 8.86. The predicted octanol–water partition coefficient (Wildman–Crippen LogP) is 0.00620. The van der Waals surface area contributed by atoms with Gasteiger partial charge in [0.1, 0.15) is 6.04 Å². The number of urea groups is 1. The minimum Gasteiger partial charge on any atom is -0.330 e. The lowest BCUT2D eigenvalue weighted by atomic mass is 10.1. The Morgan fingerprint density at radius 1 is 1.43 bits per heavy atom. The van der Waals surface area contributed by atoms with Gasteiger partial charge in [-0.2, -0.15) is 0 Å². The highest BCUT2D eigenvalue weighted by atomic mass is 16.2. The Kier molecular flexibility index (Phi) is 3.10. The topological polar surface area (TPSA) is 66.6 Å². The molecule has 1 saturated heterocycles. The molecular formula is C9H17N3O2. The van der Waals surface area contributed by atoms with Gasteiger partial charge < -0.3 is 10.6 Å². The highest BCUT2D eigenvalue weighted by Gasteiger charge is 2.43. The van der Waals surface area contributed by atoms with Crippen molar-refractivity contribution in [3.05, 3.63) is 0 Å². The lowest BCUT2D eigenvalue weighted by Crippen LogP contribution is -2.41. The van der Waals surface area contributed by atoms with Gasteiger partial charge in [0.05, 0.1) is 0 Å². The highest BCUT2D eigenvalue weighted by Crippen LogP contribution is 2.20. The Bertz CT molecular complexity index is 252. The lowest BCUT2D eigenvalue weighted by Gasteiger charge is -2.25. The van der Waals surface area contributed by atoms with E-state index < -0.39 is 0 Å². The fourth-order valence-corrected chi connectivity index (χ4v) is 1.74. The monoisotopic (exact) mass is 199 g/mol. The molecule has 2 N–H and O–H groups in total. The quantitative estimate of drug-likeness (QED) is 0.651. The van der Waals surface area contributed by atoms with Crippen LogP contribution >= 0.6 is 0 Å². The van der Waals surface area contributed by atoms with Crippen LogP contribution in [0.15, 0.2) is 0 Å². The first kappa shape index (κ1) is 11.0. The normalized spacial score (nSPS) is 22.8. The fourth-order valence-electron chi connectivity index (χ4n) is 1.74. The number of hydrogen-bond acceptors (Lipinski definition) is 3. The van der Waals surface area contributed by atoms with Gasteiger partial charge >= 0.3 is 6.03 Å². The minimum absolute atomic E-state index is 0.0351. The van der Waals surface area contributed by atoms with Gasteiger partial charge in [0, 0.05) is 13.1 Å². The molecule has 1 aliphatic heterocycles. The van der Waals surface area contributed by atoms with Crippen LogP contribution in [0.4, 0.5) is 4.79 Å². The highest BCUT2D eigenvalue weighted by molar-refractivity contribution is 6.04. The van der Waals surface area contributed by atoms with Crippen molar-refractivity contribution in [2.45, 2.75) is 32.4 Å². The summed E-state index contributed by atoms with van der Waals surface area (Å²) < 4.78 is 0. The van der Waals surface area contributed by atoms with Crippen molar-refractivity contribution in [2.75, 3.05) is 13.6 Å². The Balaban J connectivity index is 2.89. The van der Waals surface area contributed by atoms with E-state index in [0.29, 0.717) is 13.0 Å². The van der Waals surface area contributed by atoms with Gasteiger partial charge in [0.15, 0.2) is 0 Å². The first-order chi connectivity index (χ1) is 6.50. The zero-order chi connectivity index (χ0) is 10.9. The second-order valence-electron chi connectivity index (χ2n) is 3.77. The maximum Gasteiger partial charge on any atom is 0.327 e. The van der Waals surface area contributed by atoms with E-state index in [-0.39, 0.29) is 24.0 Å². The van der Waals surface area contributed by atoms with Crippen LogP contribution in [0.3, 0.4) is 0 Å². The summed E-state index contributed by atoms with van der Waals surface area (Å²) in [6.45, 7) is 4.21. The molecule has 5 nitrogen and oxygen atoms in total. The molecule has 0 bridgehead atoms. The summed E-state index contributed by atoms with van der Waals surface area (Å²) in [5.41, 5.74) is 5.42. The van der Waals surface area contributed by atoms with Gasteiger partial charge in [0.2, 0.25) is 0 Å². The van der Waals surface area contributed by atoms with Crippen LogP contribution in [0.2, 0.25) is 0 Å². The maximum absolute atomic E-state index is 11.6. The molecule has 14 heavy (non-hydrogen) atoms. The van der Waals surface area contributed by atoms with Crippen LogP contribution in [0.1, 0.15) is 20.3 Å². The van der Waals surface area contributed by atoms with Crippen molar-refractivity contribution in [1.29, 1.82) is 0 Å². The number of likely N-dealkylation sites (N-methyl/N-ethyl adjacent to an activating group) is 1. The first-order valence-electron chi connectivity index (χ1n) is 4.80. The van der Waals surface area contributed by atoms with E-state index in [1.165, 1.54) is 11.9 Å². The van der Waals surface area contributed by atoms with Crippen molar-refractivity contribution >= 4 is 11.9 Å². The third-order valence-corrected chi connectivity index (χ3v) is 2.46. The van der Waals surface area contributed by atoms with Crippen LogP contribution in [0.25, 0.3) is 0 Å². The first-order valence-corrected chi connectivity index (χ1v) is 4.80. The summed E-state index contributed by atoms with van der Waals surface area (Å²) in [5.74, 6) is -0.144. The summed E-state index contributed by atoms with van der Waals surface area (Å²) in [5, 5.41) is 0. The molecule has 1 atom stereocenters. The molecule has 0 aromatic rings. The molecule has 0 aromatic heterocycles. The number of carbonyl (C=O) groups excluding carboxylic acids is 2. The molecule has 1 unspecified atom stereocenters. The Labute approximate surface area is 83.8 Å². The number of nitrogens with two attached hydrogens (primary N) is 1. The van der Waals surface area contributed by atoms with E-state index in [9.17, 15) is 9.59 Å². The third-order valence-electron chi connectivity index (χ3n) is 2.46. The molecule has 1 fully saturated rings. The summed E-state index contributed by atoms with van der Waals surface area (Å²) in [6.07, 6.45) is 0.535. The van der Waals surface area contributed by atoms with Gasteiger partial charge in [-0.1, -0.05) is 0 Å². The Morgan fingerprint density at radius 3 is 2.43 bits per heavy atom. The lowest BCUT2D eigenvalue weighted by molar-refractivity contribution is -0.127. The van der Waals surface area contributed by atoms with E-state index in [0.717, 1.165) is 0 Å². The molecule has 1 rings (SSSR count). The van der Waals surface area contributed by atoms with Crippen LogP contribution < -0.4 is 5.73 Å². The number of amides is 3. The fraction of sp³-hybridized carbons (Fsp3) is 0.778. The number of rotatable bonds is 3. The Hall–Kier alpha value is -1.10. The minimum atomic E-state index is -0.363. The molecular weight excluding hydrogens is 182 g/mol. The van der Waals surface area contributed by atoms with Crippen molar-refractivity contribution in [3.63, 3.8) is 0 Å². The predicted molar refractivity (Wildman–Crippen MR) is 52.6 cm³/mol. The Morgan fingerprint density at radius 2 is 2.00 bits per heavy atom. The molecule has 0 saturated carbocycles. The molecule has 5 heteroatoms. The van der Waals surface area contributed by atoms with E-state index in [1.54, 1.807) is 4.90 Å². The van der Waals surface area contributed by atoms with Gasteiger partial charge in [-0.25, -0.2) is 4.79 Å². The van der Waals surface area contributed by atoms with E-state index in [1.807, 2.05) is 13.8 Å². The standard InChI is InChI=1S/C9H17N3O2/c1-6(2)12-7(4-5-10)8(13)11(3)9(12)14/h6-7H,4-5,10H2,1-3H3. The molecule has 3 amide bonds. The smallest absolute Gasteiger partial charge is 0.327 e. The van der Waals surface area contributed by atoms with Crippen molar-refractivity contribution < 1.29 is 9.59 Å². The van der Waals surface area contributed by atoms with Crippen LogP contribution in [0, 0.1) is 0 Å². The van der Waals surface area contributed by atoms with Gasteiger partial charge in [0.25, 0.3) is 5.91 Å². The van der Waals surface area contributed by atoms with Crippen molar-refractivity contribution in [1.82, 2.24) is 9.80 Å². The van der Waals surface area contributed by atoms with E-state index >= 15 is 0 Å². The summed E-state index contributed by atoms with van der Waals surface area (Å²) in [7, 11) is 1.51. The molecule has 0 radical (unpaired) electrons. The summed E-state index contributed by atoms with van der Waals surface area (Å²) in [4.78, 5) is 26.0. The summed E-state index contributed by atoms with van der Waals surface area (Å²) >= 11 is 0. The molecule has 1 heterocycles. The van der Waals surface area contributed by atoms with E-state index in [4.69, 9.17) is 5.73 Å². The molecule has 0 aromatic carbocycles. The van der Waals surface area contributed by atoms with Crippen LogP contribution in [-0.2, 0) is 4.79 Å². The maximum atomic E-state index is 11.6.